The molecule has 0 aliphatic carbocycles. The summed E-state index contributed by atoms with van der Waals surface area (Å²) in [6.07, 6.45) is 4.09. The fraction of sp³-hybridized carbons (Fsp3) is 1.00. The summed E-state index contributed by atoms with van der Waals surface area (Å²) in [4.78, 5) is 2.50. The van der Waals surface area contributed by atoms with Crippen molar-refractivity contribution in [3.8, 4) is 0 Å². The Hall–Kier alpha value is -0.130. The molecule has 0 aromatic heterocycles. The van der Waals surface area contributed by atoms with Gasteiger partial charge in [0.2, 0.25) is 0 Å². The SMILES string of the molecule is CCNC1CCN(C2CCS(=O)(=O)CC2)CC1. The molecule has 0 spiro atoms. The van der Waals surface area contributed by atoms with E-state index in [1.807, 2.05) is 0 Å². The molecule has 0 bridgehead atoms. The number of hydrogen-bond donors (Lipinski definition) is 1. The van der Waals surface area contributed by atoms with Crippen LogP contribution in [0.25, 0.3) is 0 Å². The summed E-state index contributed by atoms with van der Waals surface area (Å²) in [7, 11) is -2.71. The van der Waals surface area contributed by atoms with Gasteiger partial charge in [0.1, 0.15) is 9.84 Å². The van der Waals surface area contributed by atoms with E-state index < -0.39 is 9.84 Å². The highest BCUT2D eigenvalue weighted by Crippen LogP contribution is 2.22. The molecule has 0 amide bonds. The van der Waals surface area contributed by atoms with Crippen molar-refractivity contribution in [3.05, 3.63) is 0 Å². The predicted molar refractivity (Wildman–Crippen MR) is 69.9 cm³/mol. The normalized spacial score (nSPS) is 28.3. The Labute approximate surface area is 105 Å². The van der Waals surface area contributed by atoms with E-state index in [-0.39, 0.29) is 0 Å². The Morgan fingerprint density at radius 3 is 2.24 bits per heavy atom. The van der Waals surface area contributed by atoms with Gasteiger partial charge in [0.25, 0.3) is 0 Å². The lowest BCUT2D eigenvalue weighted by molar-refractivity contribution is 0.135. The van der Waals surface area contributed by atoms with Crippen LogP contribution >= 0.6 is 0 Å². The lowest BCUT2D eigenvalue weighted by Crippen LogP contribution is -2.48. The van der Waals surface area contributed by atoms with Gasteiger partial charge >= 0.3 is 0 Å². The summed E-state index contributed by atoms with van der Waals surface area (Å²) in [6.45, 7) is 5.45. The Bertz CT molecular complexity index is 320. The molecule has 100 valence electrons. The molecular weight excluding hydrogens is 236 g/mol. The van der Waals surface area contributed by atoms with Gasteiger partial charge in [-0.25, -0.2) is 8.42 Å². The maximum absolute atomic E-state index is 11.4. The fourth-order valence-electron chi connectivity index (χ4n) is 3.00. The number of piperidine rings is 1. The number of rotatable bonds is 3. The molecule has 0 aromatic carbocycles. The van der Waals surface area contributed by atoms with Crippen molar-refractivity contribution in [2.45, 2.75) is 44.7 Å². The van der Waals surface area contributed by atoms with Gasteiger partial charge in [0.05, 0.1) is 11.5 Å². The summed E-state index contributed by atoms with van der Waals surface area (Å²) in [6, 6.07) is 1.18. The van der Waals surface area contributed by atoms with Crippen molar-refractivity contribution in [3.63, 3.8) is 0 Å². The molecule has 0 atom stereocenters. The van der Waals surface area contributed by atoms with E-state index in [2.05, 4.69) is 17.1 Å². The van der Waals surface area contributed by atoms with Gasteiger partial charge in [0.15, 0.2) is 0 Å². The Kier molecular flexibility index (Phi) is 4.44. The lowest BCUT2D eigenvalue weighted by Gasteiger charge is -2.39. The molecule has 5 heteroatoms. The van der Waals surface area contributed by atoms with Gasteiger partial charge < -0.3 is 10.2 Å². The number of sulfone groups is 1. The van der Waals surface area contributed by atoms with E-state index in [0.29, 0.717) is 23.6 Å². The fourth-order valence-corrected chi connectivity index (χ4v) is 4.47. The van der Waals surface area contributed by atoms with Crippen LogP contribution in [0.3, 0.4) is 0 Å². The Morgan fingerprint density at radius 1 is 1.12 bits per heavy atom. The quantitative estimate of drug-likeness (QED) is 0.809. The highest BCUT2D eigenvalue weighted by molar-refractivity contribution is 7.91. The average molecular weight is 260 g/mol. The van der Waals surface area contributed by atoms with Crippen molar-refractivity contribution < 1.29 is 8.42 Å². The van der Waals surface area contributed by atoms with Gasteiger partial charge in [-0.3, -0.25) is 0 Å². The molecule has 2 heterocycles. The summed E-state index contributed by atoms with van der Waals surface area (Å²) in [5, 5.41) is 3.50. The number of likely N-dealkylation sites (tertiary alicyclic amines) is 1. The van der Waals surface area contributed by atoms with Crippen LogP contribution in [-0.4, -0.2) is 56.5 Å². The molecule has 2 fully saturated rings. The zero-order chi connectivity index (χ0) is 12.3. The summed E-state index contributed by atoms with van der Waals surface area (Å²) in [5.74, 6) is 0.787. The highest BCUT2D eigenvalue weighted by atomic mass is 32.2. The third kappa shape index (κ3) is 3.66. The molecule has 2 saturated heterocycles. The van der Waals surface area contributed by atoms with E-state index >= 15 is 0 Å². The molecule has 2 aliphatic rings. The first-order valence-electron chi connectivity index (χ1n) is 6.78. The van der Waals surface area contributed by atoms with Crippen LogP contribution in [0.2, 0.25) is 0 Å². The minimum absolute atomic E-state index is 0.394. The van der Waals surface area contributed by atoms with Crippen LogP contribution in [0.1, 0.15) is 32.6 Å². The molecule has 0 saturated carbocycles. The summed E-state index contributed by atoms with van der Waals surface area (Å²) in [5.41, 5.74) is 0. The Morgan fingerprint density at radius 2 is 1.71 bits per heavy atom. The minimum atomic E-state index is -2.71. The number of nitrogens with zero attached hydrogens (tertiary/aromatic N) is 1. The molecule has 2 rings (SSSR count). The summed E-state index contributed by atoms with van der Waals surface area (Å²) < 4.78 is 22.8. The van der Waals surface area contributed by atoms with E-state index in [1.165, 1.54) is 12.8 Å². The van der Waals surface area contributed by atoms with Crippen molar-refractivity contribution >= 4 is 9.84 Å². The molecule has 2 aliphatic heterocycles. The van der Waals surface area contributed by atoms with Crippen LogP contribution in [0.4, 0.5) is 0 Å². The lowest BCUT2D eigenvalue weighted by atomic mass is 10.0. The zero-order valence-corrected chi connectivity index (χ0v) is 11.5. The van der Waals surface area contributed by atoms with E-state index in [0.717, 1.165) is 32.5 Å². The van der Waals surface area contributed by atoms with Gasteiger partial charge in [-0.2, -0.15) is 0 Å². The van der Waals surface area contributed by atoms with Crippen molar-refractivity contribution in [2.75, 3.05) is 31.1 Å². The van der Waals surface area contributed by atoms with Crippen LogP contribution in [0.15, 0.2) is 0 Å². The Balaban J connectivity index is 1.78. The van der Waals surface area contributed by atoms with E-state index in [1.54, 1.807) is 0 Å². The standard InChI is InChI=1S/C12H24N2O2S/c1-2-13-11-3-7-14(8-4-11)12-5-9-17(15,16)10-6-12/h11-13H,2-10H2,1H3. The smallest absolute Gasteiger partial charge is 0.150 e. The van der Waals surface area contributed by atoms with Gasteiger partial charge in [-0.1, -0.05) is 6.92 Å². The second-order valence-electron chi connectivity index (χ2n) is 5.25. The third-order valence-corrected chi connectivity index (χ3v) is 5.78. The maximum atomic E-state index is 11.4. The molecule has 0 unspecified atom stereocenters. The van der Waals surface area contributed by atoms with Gasteiger partial charge in [-0.15, -0.1) is 0 Å². The molecule has 17 heavy (non-hydrogen) atoms. The zero-order valence-electron chi connectivity index (χ0n) is 10.7. The molecule has 4 nitrogen and oxygen atoms in total. The first kappa shape index (κ1) is 13.3. The van der Waals surface area contributed by atoms with Crippen molar-refractivity contribution in [1.82, 2.24) is 10.2 Å². The van der Waals surface area contributed by atoms with Gasteiger partial charge in [0, 0.05) is 12.1 Å². The van der Waals surface area contributed by atoms with Crippen molar-refractivity contribution in [2.24, 2.45) is 0 Å². The molecular formula is C12H24N2O2S. The molecule has 0 aromatic rings. The third-order valence-electron chi connectivity index (χ3n) is 4.06. The molecule has 0 radical (unpaired) electrons. The first-order chi connectivity index (χ1) is 8.11. The highest BCUT2D eigenvalue weighted by Gasteiger charge is 2.30. The number of nitrogens with one attached hydrogen (secondary N) is 1. The monoisotopic (exact) mass is 260 g/mol. The van der Waals surface area contributed by atoms with Crippen LogP contribution < -0.4 is 5.32 Å². The number of hydrogen-bond acceptors (Lipinski definition) is 4. The average Bonchev–Trinajstić information content (AvgIpc) is 2.31. The molecule has 1 N–H and O–H groups in total. The van der Waals surface area contributed by atoms with E-state index in [4.69, 9.17) is 0 Å². The van der Waals surface area contributed by atoms with Crippen LogP contribution in [0, 0.1) is 0 Å². The largest absolute Gasteiger partial charge is 0.314 e. The second kappa shape index (κ2) is 5.67. The van der Waals surface area contributed by atoms with E-state index in [9.17, 15) is 8.42 Å². The minimum Gasteiger partial charge on any atom is -0.314 e. The van der Waals surface area contributed by atoms with Gasteiger partial charge in [-0.05, 0) is 45.3 Å². The summed E-state index contributed by atoms with van der Waals surface area (Å²) >= 11 is 0. The van der Waals surface area contributed by atoms with Crippen LogP contribution in [0.5, 0.6) is 0 Å². The van der Waals surface area contributed by atoms with Crippen molar-refractivity contribution in [1.29, 1.82) is 0 Å². The van der Waals surface area contributed by atoms with Crippen LogP contribution in [-0.2, 0) is 9.84 Å². The first-order valence-corrected chi connectivity index (χ1v) is 8.61. The second-order valence-corrected chi connectivity index (χ2v) is 7.55. The predicted octanol–water partition coefficient (Wildman–Crippen LogP) is 0.638. The topological polar surface area (TPSA) is 49.4 Å². The maximum Gasteiger partial charge on any atom is 0.150 e.